The number of carbonyl (C=O) groups excluding carboxylic acids is 3. The molecule has 1 fully saturated rings. The Kier molecular flexibility index (Phi) is 8.85. The SMILES string of the molecule is COC(=O)c1cc(C(=O)N[C@@H](C(=O)N2CC[C@](O)(c3ccc(Cl)cc3)C(C)(C)C2)C(C)C)cc(-c2ccccn2)c1. The maximum absolute atomic E-state index is 13.8. The maximum Gasteiger partial charge on any atom is 0.337 e. The highest BCUT2D eigenvalue weighted by atomic mass is 35.5. The van der Waals surface area contributed by atoms with Gasteiger partial charge in [-0.2, -0.15) is 0 Å². The summed E-state index contributed by atoms with van der Waals surface area (Å²) < 4.78 is 4.89. The topological polar surface area (TPSA) is 109 Å². The van der Waals surface area contributed by atoms with E-state index in [1.807, 2.05) is 45.9 Å². The van der Waals surface area contributed by atoms with Crippen molar-refractivity contribution in [2.75, 3.05) is 20.2 Å². The molecule has 0 bridgehead atoms. The number of esters is 1. The summed E-state index contributed by atoms with van der Waals surface area (Å²) in [5, 5.41) is 15.2. The van der Waals surface area contributed by atoms with Crippen molar-refractivity contribution in [3.63, 3.8) is 0 Å². The smallest absolute Gasteiger partial charge is 0.337 e. The van der Waals surface area contributed by atoms with Gasteiger partial charge in [0.1, 0.15) is 6.04 Å². The second-order valence-corrected chi connectivity index (χ2v) is 11.9. The highest BCUT2D eigenvalue weighted by Crippen LogP contribution is 2.46. The van der Waals surface area contributed by atoms with Crippen molar-refractivity contribution in [2.24, 2.45) is 11.3 Å². The summed E-state index contributed by atoms with van der Waals surface area (Å²) >= 11 is 6.06. The minimum atomic E-state index is -1.15. The van der Waals surface area contributed by atoms with Crippen LogP contribution in [-0.2, 0) is 15.1 Å². The Bertz CT molecular complexity index is 1430. The minimum Gasteiger partial charge on any atom is -0.465 e. The molecule has 2 N–H and O–H groups in total. The van der Waals surface area contributed by atoms with E-state index in [4.69, 9.17) is 16.3 Å². The Morgan fingerprint density at radius 3 is 2.32 bits per heavy atom. The molecule has 1 aromatic heterocycles. The largest absolute Gasteiger partial charge is 0.465 e. The first-order valence-corrected chi connectivity index (χ1v) is 14.0. The zero-order valence-corrected chi connectivity index (χ0v) is 24.7. The van der Waals surface area contributed by atoms with Gasteiger partial charge in [0.25, 0.3) is 5.91 Å². The van der Waals surface area contributed by atoms with Gasteiger partial charge in [-0.15, -0.1) is 0 Å². The third-order valence-corrected chi connectivity index (χ3v) is 8.13. The number of aliphatic hydroxyl groups is 1. The van der Waals surface area contributed by atoms with Gasteiger partial charge < -0.3 is 20.1 Å². The van der Waals surface area contributed by atoms with Crippen LogP contribution in [-0.4, -0.2) is 59.0 Å². The number of methoxy groups -OCH3 is 1. The van der Waals surface area contributed by atoms with Crippen LogP contribution in [0.4, 0.5) is 0 Å². The number of hydrogen-bond acceptors (Lipinski definition) is 6. The number of piperidine rings is 1. The van der Waals surface area contributed by atoms with E-state index in [0.717, 1.165) is 5.56 Å². The van der Waals surface area contributed by atoms with Gasteiger partial charge in [0.2, 0.25) is 5.91 Å². The van der Waals surface area contributed by atoms with Crippen LogP contribution in [0.5, 0.6) is 0 Å². The molecular weight excluding hydrogens is 542 g/mol. The van der Waals surface area contributed by atoms with E-state index < -0.39 is 28.9 Å². The predicted octanol–water partition coefficient (Wildman–Crippen LogP) is 5.09. The van der Waals surface area contributed by atoms with Crippen molar-refractivity contribution in [2.45, 2.75) is 45.8 Å². The van der Waals surface area contributed by atoms with E-state index >= 15 is 0 Å². The van der Waals surface area contributed by atoms with Crippen LogP contribution in [0.3, 0.4) is 0 Å². The number of amides is 2. The molecule has 8 nitrogen and oxygen atoms in total. The number of carbonyl (C=O) groups is 3. The van der Waals surface area contributed by atoms with E-state index in [-0.39, 0.29) is 23.0 Å². The number of nitrogens with zero attached hydrogens (tertiary/aromatic N) is 2. The average molecular weight is 578 g/mol. The molecule has 2 aromatic carbocycles. The maximum atomic E-state index is 13.8. The number of halogens is 1. The first-order valence-electron chi connectivity index (χ1n) is 13.6. The third-order valence-electron chi connectivity index (χ3n) is 7.88. The van der Waals surface area contributed by atoms with Crippen LogP contribution in [0.15, 0.2) is 66.9 Å². The monoisotopic (exact) mass is 577 g/mol. The van der Waals surface area contributed by atoms with Crippen LogP contribution < -0.4 is 5.32 Å². The Hall–Kier alpha value is -3.75. The molecule has 1 aliphatic rings. The normalized spacial score (nSPS) is 19.0. The molecule has 4 rings (SSSR count). The number of likely N-dealkylation sites (tertiary alicyclic amines) is 1. The number of rotatable bonds is 7. The van der Waals surface area contributed by atoms with Gasteiger partial charge in [0.05, 0.1) is 24.0 Å². The Morgan fingerprint density at radius 1 is 1.05 bits per heavy atom. The second-order valence-electron chi connectivity index (χ2n) is 11.5. The molecule has 0 spiro atoms. The fourth-order valence-corrected chi connectivity index (χ4v) is 5.51. The van der Waals surface area contributed by atoms with Crippen LogP contribution in [0.1, 0.15) is 60.4 Å². The predicted molar refractivity (Wildman–Crippen MR) is 157 cm³/mol. The molecule has 216 valence electrons. The molecule has 1 saturated heterocycles. The van der Waals surface area contributed by atoms with Crippen LogP contribution in [0.25, 0.3) is 11.3 Å². The Morgan fingerprint density at radius 2 is 1.73 bits per heavy atom. The third kappa shape index (κ3) is 6.29. The Balaban J connectivity index is 1.57. The highest BCUT2D eigenvalue weighted by Gasteiger charge is 2.50. The number of hydrogen-bond donors (Lipinski definition) is 2. The average Bonchev–Trinajstić information content (AvgIpc) is 2.96. The van der Waals surface area contributed by atoms with E-state index in [9.17, 15) is 19.5 Å². The van der Waals surface area contributed by atoms with Gasteiger partial charge in [-0.1, -0.05) is 57.5 Å². The number of pyridine rings is 1. The summed E-state index contributed by atoms with van der Waals surface area (Å²) in [6, 6.07) is 16.4. The first kappa shape index (κ1) is 30.2. The van der Waals surface area contributed by atoms with Gasteiger partial charge in [-0.05, 0) is 60.4 Å². The molecule has 0 saturated carbocycles. The summed E-state index contributed by atoms with van der Waals surface area (Å²) in [6.07, 6.45) is 1.96. The zero-order valence-electron chi connectivity index (χ0n) is 24.0. The molecule has 0 unspecified atom stereocenters. The van der Waals surface area contributed by atoms with Gasteiger partial charge in [0, 0.05) is 40.9 Å². The lowest BCUT2D eigenvalue weighted by Gasteiger charge is -2.51. The van der Waals surface area contributed by atoms with Gasteiger partial charge in [0.15, 0.2) is 0 Å². The number of nitrogens with one attached hydrogen (secondary N) is 1. The summed E-state index contributed by atoms with van der Waals surface area (Å²) in [6.45, 7) is 8.22. The van der Waals surface area contributed by atoms with Crippen molar-refractivity contribution >= 4 is 29.4 Å². The van der Waals surface area contributed by atoms with Gasteiger partial charge >= 0.3 is 5.97 Å². The molecule has 2 heterocycles. The summed E-state index contributed by atoms with van der Waals surface area (Å²) in [5.41, 5.74) is 0.503. The summed E-state index contributed by atoms with van der Waals surface area (Å²) in [7, 11) is 1.27. The number of ether oxygens (including phenoxy) is 1. The van der Waals surface area contributed by atoms with Crippen LogP contribution in [0.2, 0.25) is 5.02 Å². The van der Waals surface area contributed by atoms with Crippen LogP contribution >= 0.6 is 11.6 Å². The van der Waals surface area contributed by atoms with Crippen molar-refractivity contribution in [3.05, 3.63) is 88.6 Å². The molecule has 2 amide bonds. The fraction of sp³-hybridized carbons (Fsp3) is 0.375. The fourth-order valence-electron chi connectivity index (χ4n) is 5.38. The van der Waals surface area contributed by atoms with E-state index in [1.54, 1.807) is 47.5 Å². The Labute approximate surface area is 245 Å². The molecule has 0 aliphatic carbocycles. The van der Waals surface area contributed by atoms with Gasteiger partial charge in [-0.3, -0.25) is 14.6 Å². The molecule has 3 aromatic rings. The van der Waals surface area contributed by atoms with Crippen molar-refractivity contribution in [3.8, 4) is 11.3 Å². The van der Waals surface area contributed by atoms with E-state index in [2.05, 4.69) is 10.3 Å². The summed E-state index contributed by atoms with van der Waals surface area (Å²) in [5.74, 6) is -1.52. The van der Waals surface area contributed by atoms with Crippen molar-refractivity contribution in [1.29, 1.82) is 0 Å². The first-order chi connectivity index (χ1) is 19.4. The van der Waals surface area contributed by atoms with Gasteiger partial charge in [-0.25, -0.2) is 4.79 Å². The molecule has 9 heteroatoms. The minimum absolute atomic E-state index is 0.201. The lowest BCUT2D eigenvalue weighted by atomic mass is 9.66. The number of aromatic nitrogens is 1. The molecular formula is C32H36ClN3O5. The number of benzene rings is 2. The lowest BCUT2D eigenvalue weighted by Crippen LogP contribution is -2.60. The lowest BCUT2D eigenvalue weighted by molar-refractivity contribution is -0.155. The van der Waals surface area contributed by atoms with E-state index in [1.165, 1.54) is 13.2 Å². The van der Waals surface area contributed by atoms with Crippen LogP contribution in [0, 0.1) is 11.3 Å². The molecule has 2 atom stereocenters. The molecule has 1 aliphatic heterocycles. The van der Waals surface area contributed by atoms with E-state index in [0.29, 0.717) is 35.8 Å². The molecule has 0 radical (unpaired) electrons. The quantitative estimate of drug-likeness (QED) is 0.379. The second kappa shape index (κ2) is 12.0. The standard InChI is InChI=1S/C32H36ClN3O5/c1-20(2)27(29(38)36-15-13-32(40,31(3,4)19-36)24-9-11-25(33)12-10-24)35-28(37)22-16-21(26-8-6-7-14-34-26)17-23(18-22)30(39)41-5/h6-12,14,16-18,20,27,40H,13,15,19H2,1-5H3,(H,35,37)/t27-,32+/m1/s1. The van der Waals surface area contributed by atoms with Crippen molar-refractivity contribution < 1.29 is 24.2 Å². The zero-order chi connectivity index (χ0) is 29.9. The summed E-state index contributed by atoms with van der Waals surface area (Å²) in [4.78, 5) is 45.8. The van der Waals surface area contributed by atoms with Crippen molar-refractivity contribution in [1.82, 2.24) is 15.2 Å². The molecule has 41 heavy (non-hydrogen) atoms. The highest BCUT2D eigenvalue weighted by molar-refractivity contribution is 6.30.